The quantitative estimate of drug-likeness (QED) is 0.176. The Hall–Kier alpha value is -6.44. The van der Waals surface area contributed by atoms with Crippen LogP contribution in [0.3, 0.4) is 0 Å². The van der Waals surface area contributed by atoms with Crippen molar-refractivity contribution in [3.63, 3.8) is 0 Å². The van der Waals surface area contributed by atoms with Gasteiger partial charge in [-0.1, -0.05) is 158 Å². The van der Waals surface area contributed by atoms with E-state index in [2.05, 4.69) is 48.5 Å². The van der Waals surface area contributed by atoms with Crippen LogP contribution < -0.4 is 0 Å². The molecular formula is C48H30O. The van der Waals surface area contributed by atoms with Crippen molar-refractivity contribution in [2.45, 2.75) is 0 Å². The van der Waals surface area contributed by atoms with Gasteiger partial charge < -0.3 is 4.42 Å². The minimum Gasteiger partial charge on any atom is -0.456 e. The molecule has 10 rings (SSSR count). The average Bonchev–Trinajstić information content (AvgIpc) is 3.67. The van der Waals surface area contributed by atoms with Crippen LogP contribution in [0.5, 0.6) is 0 Å². The summed E-state index contributed by atoms with van der Waals surface area (Å²) < 4.78 is 104. The van der Waals surface area contributed by atoms with Gasteiger partial charge in [-0.3, -0.25) is 0 Å². The monoisotopic (exact) mass is 633 g/mol. The van der Waals surface area contributed by atoms with Gasteiger partial charge in [0.25, 0.3) is 0 Å². The highest BCUT2D eigenvalue weighted by Gasteiger charge is 2.21. The smallest absolute Gasteiger partial charge is 0.136 e. The standard InChI is InChI=1S/C48H30O/c1-2-14-32(15-3-1)37-23-11-25-43-47(37)48-42(24-12-26-44(48)49-43)46-40-21-8-6-19-38(40)45(39-20-7-9-22-41(39)46)36-18-10-17-34(30-36)35-28-27-31-13-4-5-16-33(31)29-35/h1-30H/i1D,2D,3D,11D,12D,14D,15D,23D,24D,25D,26D. The largest absolute Gasteiger partial charge is 0.456 e. The van der Waals surface area contributed by atoms with Gasteiger partial charge in [0, 0.05) is 10.8 Å². The lowest BCUT2D eigenvalue weighted by atomic mass is 9.84. The third kappa shape index (κ3) is 4.40. The molecule has 0 aliphatic carbocycles. The number of fused-ring (bicyclic) bond motifs is 6. The molecule has 228 valence electrons. The van der Waals surface area contributed by atoms with Crippen LogP contribution in [0.4, 0.5) is 0 Å². The SMILES string of the molecule is [2H]c1c([2H])c([2H])c(-c2c([2H])c([2H])c([2H])c3oc4c([2H])c([2H])c([2H])c(-c5c6ccccc6c(-c6cccc(-c7ccc8ccccc8c7)c6)c6ccccc56)c4c23)c([2H])c1[2H]. The predicted octanol–water partition coefficient (Wildman–Crippen LogP) is 13.7. The minimum atomic E-state index is -0.652. The van der Waals surface area contributed by atoms with Crippen LogP contribution in [-0.4, -0.2) is 0 Å². The third-order valence-corrected chi connectivity index (χ3v) is 9.30. The molecule has 49 heavy (non-hydrogen) atoms. The van der Waals surface area contributed by atoms with Crippen LogP contribution in [0.15, 0.2) is 186 Å². The lowest BCUT2D eigenvalue weighted by molar-refractivity contribution is 0.669. The van der Waals surface area contributed by atoms with E-state index in [9.17, 15) is 2.74 Å². The first kappa shape index (κ1) is 18.8. The number of benzene rings is 9. The molecule has 0 N–H and O–H groups in total. The summed E-state index contributed by atoms with van der Waals surface area (Å²) in [6, 6.07) is 32.2. The van der Waals surface area contributed by atoms with Gasteiger partial charge in [-0.05, 0) is 101 Å². The minimum absolute atomic E-state index is 0.0492. The van der Waals surface area contributed by atoms with E-state index in [0.717, 1.165) is 43.8 Å². The highest BCUT2D eigenvalue weighted by atomic mass is 16.3. The highest BCUT2D eigenvalue weighted by Crippen LogP contribution is 2.48. The highest BCUT2D eigenvalue weighted by molar-refractivity contribution is 6.27. The zero-order chi connectivity index (χ0) is 41.9. The molecule has 1 nitrogen and oxygen atoms in total. The second-order valence-electron chi connectivity index (χ2n) is 12.0. The van der Waals surface area contributed by atoms with Gasteiger partial charge in [-0.15, -0.1) is 0 Å². The fourth-order valence-corrected chi connectivity index (χ4v) is 7.19. The van der Waals surface area contributed by atoms with Crippen molar-refractivity contribution in [2.75, 3.05) is 0 Å². The maximum absolute atomic E-state index is 9.59. The number of furan rings is 1. The summed E-state index contributed by atoms with van der Waals surface area (Å²) in [5.41, 5.74) is 3.54. The molecule has 0 saturated carbocycles. The second-order valence-corrected chi connectivity index (χ2v) is 12.0. The normalized spacial score (nSPS) is 14.8. The van der Waals surface area contributed by atoms with E-state index in [1.54, 1.807) is 0 Å². The maximum Gasteiger partial charge on any atom is 0.136 e. The zero-order valence-corrected chi connectivity index (χ0v) is 25.9. The van der Waals surface area contributed by atoms with Gasteiger partial charge in [0.1, 0.15) is 11.2 Å². The number of hydrogen-bond acceptors (Lipinski definition) is 1. The molecule has 0 unspecified atom stereocenters. The molecule has 10 aromatic rings. The summed E-state index contributed by atoms with van der Waals surface area (Å²) in [7, 11) is 0. The van der Waals surface area contributed by atoms with E-state index < -0.39 is 60.4 Å². The van der Waals surface area contributed by atoms with E-state index in [1.807, 2.05) is 66.7 Å². The molecule has 0 aliphatic rings. The van der Waals surface area contributed by atoms with Crippen molar-refractivity contribution >= 4 is 54.3 Å². The van der Waals surface area contributed by atoms with Crippen LogP contribution in [0.1, 0.15) is 15.1 Å². The summed E-state index contributed by atoms with van der Waals surface area (Å²) in [5, 5.41) is 5.33. The number of hydrogen-bond donors (Lipinski definition) is 0. The van der Waals surface area contributed by atoms with Gasteiger partial charge in [-0.25, -0.2) is 0 Å². The zero-order valence-electron chi connectivity index (χ0n) is 36.9. The summed E-state index contributed by atoms with van der Waals surface area (Å²) in [6.45, 7) is 0. The first-order valence-corrected chi connectivity index (χ1v) is 15.9. The lowest BCUT2D eigenvalue weighted by Gasteiger charge is -2.19. The molecule has 1 heterocycles. The Labute approximate surface area is 299 Å². The van der Waals surface area contributed by atoms with Crippen molar-refractivity contribution in [1.29, 1.82) is 0 Å². The van der Waals surface area contributed by atoms with Gasteiger partial charge in [-0.2, -0.15) is 0 Å². The fourth-order valence-electron chi connectivity index (χ4n) is 7.19. The molecule has 0 saturated heterocycles. The Morgan fingerprint density at radius 1 is 0.367 bits per heavy atom. The predicted molar refractivity (Wildman–Crippen MR) is 208 cm³/mol. The van der Waals surface area contributed by atoms with Gasteiger partial charge in [0.2, 0.25) is 0 Å². The lowest BCUT2D eigenvalue weighted by Crippen LogP contribution is -1.92. The van der Waals surface area contributed by atoms with Crippen LogP contribution >= 0.6 is 0 Å². The van der Waals surface area contributed by atoms with Crippen molar-refractivity contribution in [3.05, 3.63) is 182 Å². The Morgan fingerprint density at radius 3 is 1.65 bits per heavy atom. The van der Waals surface area contributed by atoms with E-state index in [1.165, 1.54) is 0 Å². The van der Waals surface area contributed by atoms with Crippen LogP contribution in [0.2, 0.25) is 0 Å². The molecule has 0 spiro atoms. The molecule has 0 bridgehead atoms. The summed E-state index contributed by atoms with van der Waals surface area (Å²) in [5.74, 6) is 0. The van der Waals surface area contributed by atoms with Crippen molar-refractivity contribution in [3.8, 4) is 44.5 Å². The molecule has 1 heteroatoms. The van der Waals surface area contributed by atoms with Crippen molar-refractivity contribution in [1.82, 2.24) is 0 Å². The van der Waals surface area contributed by atoms with E-state index in [-0.39, 0.29) is 44.7 Å². The number of rotatable bonds is 4. The first-order valence-electron chi connectivity index (χ1n) is 21.4. The van der Waals surface area contributed by atoms with Crippen LogP contribution in [0.25, 0.3) is 98.8 Å². The second kappa shape index (κ2) is 11.1. The molecule has 1 aromatic heterocycles. The van der Waals surface area contributed by atoms with Crippen LogP contribution in [-0.2, 0) is 0 Å². The molecule has 9 aromatic carbocycles. The summed E-state index contributed by atoms with van der Waals surface area (Å²) in [6.07, 6.45) is 0. The Bertz CT molecular complexity index is 3430. The topological polar surface area (TPSA) is 13.1 Å². The molecule has 0 amide bonds. The molecule has 0 aliphatic heterocycles. The molecule has 0 fully saturated rings. The van der Waals surface area contributed by atoms with Crippen LogP contribution in [0, 0.1) is 0 Å². The fraction of sp³-hybridized carbons (Fsp3) is 0. The summed E-state index contributed by atoms with van der Waals surface area (Å²) >= 11 is 0. The molecule has 0 atom stereocenters. The van der Waals surface area contributed by atoms with Gasteiger partial charge >= 0.3 is 0 Å². The van der Waals surface area contributed by atoms with E-state index >= 15 is 0 Å². The van der Waals surface area contributed by atoms with E-state index in [0.29, 0.717) is 16.3 Å². The van der Waals surface area contributed by atoms with Crippen molar-refractivity contribution < 1.29 is 19.5 Å². The first-order chi connectivity index (χ1) is 28.9. The Morgan fingerprint density at radius 2 is 0.939 bits per heavy atom. The van der Waals surface area contributed by atoms with Gasteiger partial charge in [0.15, 0.2) is 0 Å². The third-order valence-electron chi connectivity index (χ3n) is 9.30. The van der Waals surface area contributed by atoms with Gasteiger partial charge in [0.05, 0.1) is 15.1 Å². The summed E-state index contributed by atoms with van der Waals surface area (Å²) in [4.78, 5) is 0. The molecule has 0 radical (unpaired) electrons. The van der Waals surface area contributed by atoms with E-state index in [4.69, 9.17) is 16.8 Å². The Kier molecular flexibility index (Phi) is 4.25. The average molecular weight is 634 g/mol. The molecular weight excluding hydrogens is 593 g/mol. The van der Waals surface area contributed by atoms with Crippen molar-refractivity contribution in [2.24, 2.45) is 0 Å². The Balaban J connectivity index is 1.35. The maximum atomic E-state index is 9.59.